The summed E-state index contributed by atoms with van der Waals surface area (Å²) in [6.07, 6.45) is 2.76. The molecule has 3 rings (SSSR count). The third-order valence-corrected chi connectivity index (χ3v) is 4.12. The molecule has 0 aromatic heterocycles. The first-order chi connectivity index (χ1) is 9.65. The van der Waals surface area contributed by atoms with Crippen LogP contribution in [0.4, 0.5) is 0 Å². The van der Waals surface area contributed by atoms with Gasteiger partial charge >= 0.3 is 0 Å². The van der Waals surface area contributed by atoms with Gasteiger partial charge in [0.2, 0.25) is 0 Å². The fraction of sp³-hybridized carbons (Fsp3) is 0.294. The number of nitrogens with two attached hydrogens (primary N) is 1. The van der Waals surface area contributed by atoms with Crippen LogP contribution in [0.1, 0.15) is 35.6 Å². The van der Waals surface area contributed by atoms with Crippen molar-refractivity contribution in [2.45, 2.75) is 31.9 Å². The Morgan fingerprint density at radius 3 is 2.50 bits per heavy atom. The predicted molar refractivity (Wildman–Crippen MR) is 82.3 cm³/mol. The van der Waals surface area contributed by atoms with E-state index in [0.717, 1.165) is 27.5 Å². The van der Waals surface area contributed by atoms with Crippen LogP contribution in [0.3, 0.4) is 0 Å². The SMILES string of the molecule is Cc1c(Cl)cccc1C(N)c1ccc(OC2CC2)cc1. The second-order valence-electron chi connectivity index (χ2n) is 5.32. The van der Waals surface area contributed by atoms with E-state index in [0.29, 0.717) is 6.10 Å². The molecule has 0 heterocycles. The Kier molecular flexibility index (Phi) is 3.68. The summed E-state index contributed by atoms with van der Waals surface area (Å²) in [5.74, 6) is 0.922. The van der Waals surface area contributed by atoms with Crippen LogP contribution in [0, 0.1) is 6.92 Å². The van der Waals surface area contributed by atoms with Gasteiger partial charge in [0.05, 0.1) is 12.1 Å². The fourth-order valence-electron chi connectivity index (χ4n) is 2.27. The van der Waals surface area contributed by atoms with E-state index in [9.17, 15) is 0 Å². The summed E-state index contributed by atoms with van der Waals surface area (Å²) < 4.78 is 5.75. The average molecular weight is 288 g/mol. The minimum absolute atomic E-state index is 0.163. The zero-order chi connectivity index (χ0) is 14.1. The molecule has 1 fully saturated rings. The third kappa shape index (κ3) is 2.82. The molecule has 104 valence electrons. The van der Waals surface area contributed by atoms with Crippen molar-refractivity contribution in [3.05, 3.63) is 64.2 Å². The second-order valence-corrected chi connectivity index (χ2v) is 5.73. The van der Waals surface area contributed by atoms with E-state index in [4.69, 9.17) is 22.1 Å². The van der Waals surface area contributed by atoms with Gasteiger partial charge in [-0.2, -0.15) is 0 Å². The molecule has 0 radical (unpaired) electrons. The van der Waals surface area contributed by atoms with E-state index in [-0.39, 0.29) is 6.04 Å². The number of rotatable bonds is 4. The molecule has 3 heteroatoms. The number of hydrogen-bond acceptors (Lipinski definition) is 2. The average Bonchev–Trinajstić information content (AvgIpc) is 3.26. The van der Waals surface area contributed by atoms with Crippen molar-refractivity contribution in [2.75, 3.05) is 0 Å². The maximum atomic E-state index is 6.35. The van der Waals surface area contributed by atoms with Gasteiger partial charge in [-0.25, -0.2) is 0 Å². The summed E-state index contributed by atoms with van der Waals surface area (Å²) in [7, 11) is 0. The molecule has 0 aliphatic heterocycles. The molecule has 0 amide bonds. The van der Waals surface area contributed by atoms with Gasteiger partial charge < -0.3 is 10.5 Å². The zero-order valence-corrected chi connectivity index (χ0v) is 12.2. The van der Waals surface area contributed by atoms with Gasteiger partial charge in [-0.1, -0.05) is 35.9 Å². The van der Waals surface area contributed by atoms with Gasteiger partial charge in [0.1, 0.15) is 5.75 Å². The summed E-state index contributed by atoms with van der Waals surface area (Å²) in [6, 6.07) is 13.7. The molecule has 2 aromatic rings. The van der Waals surface area contributed by atoms with Gasteiger partial charge in [-0.05, 0) is 54.7 Å². The van der Waals surface area contributed by atoms with Crippen LogP contribution in [-0.4, -0.2) is 6.10 Å². The van der Waals surface area contributed by atoms with Crippen molar-refractivity contribution < 1.29 is 4.74 Å². The molecule has 1 aliphatic carbocycles. The highest BCUT2D eigenvalue weighted by Gasteiger charge is 2.23. The Labute approximate surface area is 124 Å². The van der Waals surface area contributed by atoms with Crippen LogP contribution in [-0.2, 0) is 0 Å². The summed E-state index contributed by atoms with van der Waals surface area (Å²) in [5, 5.41) is 0.756. The summed E-state index contributed by atoms with van der Waals surface area (Å²) in [6.45, 7) is 2.00. The first kappa shape index (κ1) is 13.5. The number of hydrogen-bond donors (Lipinski definition) is 1. The topological polar surface area (TPSA) is 35.2 Å². The van der Waals surface area contributed by atoms with Gasteiger partial charge in [0.15, 0.2) is 0 Å². The van der Waals surface area contributed by atoms with Crippen LogP contribution >= 0.6 is 11.6 Å². The third-order valence-electron chi connectivity index (χ3n) is 3.71. The van der Waals surface area contributed by atoms with Crippen molar-refractivity contribution >= 4 is 11.6 Å². The predicted octanol–water partition coefficient (Wildman–Crippen LogP) is 4.24. The van der Waals surface area contributed by atoms with E-state index >= 15 is 0 Å². The van der Waals surface area contributed by atoms with Crippen LogP contribution < -0.4 is 10.5 Å². The van der Waals surface area contributed by atoms with Crippen LogP contribution in [0.25, 0.3) is 0 Å². The minimum atomic E-state index is -0.163. The van der Waals surface area contributed by atoms with E-state index in [1.807, 2.05) is 49.4 Å². The molecule has 1 atom stereocenters. The number of benzene rings is 2. The highest BCUT2D eigenvalue weighted by molar-refractivity contribution is 6.31. The Bertz CT molecular complexity index is 605. The molecular formula is C17H18ClNO. The molecule has 0 spiro atoms. The maximum absolute atomic E-state index is 6.35. The van der Waals surface area contributed by atoms with Crippen molar-refractivity contribution in [3.8, 4) is 5.75 Å². The van der Waals surface area contributed by atoms with Gasteiger partial charge in [-0.15, -0.1) is 0 Å². The molecule has 2 aromatic carbocycles. The van der Waals surface area contributed by atoms with E-state index in [1.165, 1.54) is 12.8 Å². The van der Waals surface area contributed by atoms with Crippen molar-refractivity contribution in [2.24, 2.45) is 5.73 Å². The van der Waals surface area contributed by atoms with Gasteiger partial charge in [-0.3, -0.25) is 0 Å². The Balaban J connectivity index is 1.82. The first-order valence-electron chi connectivity index (χ1n) is 6.92. The smallest absolute Gasteiger partial charge is 0.119 e. The Hall–Kier alpha value is -1.51. The molecule has 1 aliphatic rings. The molecule has 0 saturated heterocycles. The van der Waals surface area contributed by atoms with E-state index in [2.05, 4.69) is 0 Å². The maximum Gasteiger partial charge on any atom is 0.119 e. The Morgan fingerprint density at radius 2 is 1.85 bits per heavy atom. The van der Waals surface area contributed by atoms with Crippen LogP contribution in [0.15, 0.2) is 42.5 Å². The number of ether oxygens (including phenoxy) is 1. The molecule has 2 nitrogen and oxygen atoms in total. The zero-order valence-electron chi connectivity index (χ0n) is 11.5. The van der Waals surface area contributed by atoms with Crippen molar-refractivity contribution in [1.29, 1.82) is 0 Å². The van der Waals surface area contributed by atoms with E-state index < -0.39 is 0 Å². The highest BCUT2D eigenvalue weighted by Crippen LogP contribution is 2.30. The lowest BCUT2D eigenvalue weighted by atomic mass is 9.96. The van der Waals surface area contributed by atoms with Crippen molar-refractivity contribution in [3.63, 3.8) is 0 Å². The Morgan fingerprint density at radius 1 is 1.15 bits per heavy atom. The molecular weight excluding hydrogens is 270 g/mol. The normalized spacial score (nSPS) is 15.9. The molecule has 0 bridgehead atoms. The standard InChI is InChI=1S/C17H18ClNO/c1-11-15(3-2-4-16(11)18)17(19)12-5-7-13(8-6-12)20-14-9-10-14/h2-8,14,17H,9-10,19H2,1H3. The fourth-order valence-corrected chi connectivity index (χ4v) is 2.45. The summed E-state index contributed by atoms with van der Waals surface area (Å²) in [5.41, 5.74) is 9.52. The lowest BCUT2D eigenvalue weighted by Crippen LogP contribution is -2.13. The molecule has 1 unspecified atom stereocenters. The molecule has 2 N–H and O–H groups in total. The monoisotopic (exact) mass is 287 g/mol. The van der Waals surface area contributed by atoms with Crippen molar-refractivity contribution in [1.82, 2.24) is 0 Å². The molecule has 1 saturated carbocycles. The van der Waals surface area contributed by atoms with Crippen LogP contribution in [0.2, 0.25) is 5.02 Å². The van der Waals surface area contributed by atoms with Gasteiger partial charge in [0.25, 0.3) is 0 Å². The minimum Gasteiger partial charge on any atom is -0.490 e. The highest BCUT2D eigenvalue weighted by atomic mass is 35.5. The summed E-state index contributed by atoms with van der Waals surface area (Å²) in [4.78, 5) is 0. The van der Waals surface area contributed by atoms with Gasteiger partial charge in [0, 0.05) is 5.02 Å². The second kappa shape index (κ2) is 5.47. The lowest BCUT2D eigenvalue weighted by Gasteiger charge is -2.16. The molecule has 20 heavy (non-hydrogen) atoms. The van der Waals surface area contributed by atoms with Crippen LogP contribution in [0.5, 0.6) is 5.75 Å². The number of halogens is 1. The lowest BCUT2D eigenvalue weighted by molar-refractivity contribution is 0.303. The first-order valence-corrected chi connectivity index (χ1v) is 7.30. The largest absolute Gasteiger partial charge is 0.490 e. The summed E-state index contributed by atoms with van der Waals surface area (Å²) >= 11 is 6.16. The quantitative estimate of drug-likeness (QED) is 0.913. The van der Waals surface area contributed by atoms with E-state index in [1.54, 1.807) is 0 Å².